The van der Waals surface area contributed by atoms with Crippen LogP contribution in [-0.2, 0) is 32.0 Å². The second-order valence-corrected chi connectivity index (χ2v) is 15.5. The Hall–Kier alpha value is -5.23. The number of rotatable bonds is 7. The molecule has 3 heterocycles. The quantitative estimate of drug-likeness (QED) is 0.202. The molecule has 2 N–H and O–H groups in total. The number of amides is 3. The Balaban J connectivity index is 1.82. The molecule has 1 fully saturated rings. The van der Waals surface area contributed by atoms with Crippen molar-refractivity contribution in [1.29, 1.82) is 0 Å². The van der Waals surface area contributed by atoms with Crippen LogP contribution in [0.1, 0.15) is 79.9 Å². The number of hydrogen-bond donors (Lipinski definition) is 2. The van der Waals surface area contributed by atoms with E-state index in [0.717, 1.165) is 18.7 Å². The van der Waals surface area contributed by atoms with Gasteiger partial charge in [0.25, 0.3) is 0 Å². The molecule has 53 heavy (non-hydrogen) atoms. The number of fused-ring (bicyclic) bond motifs is 1. The summed E-state index contributed by atoms with van der Waals surface area (Å²) in [4.78, 5) is 66.4. The molecule has 2 aromatic heterocycles. The zero-order valence-electron chi connectivity index (χ0n) is 30.8. The minimum absolute atomic E-state index is 0.0517. The summed E-state index contributed by atoms with van der Waals surface area (Å²) in [7, 11) is 0. The van der Waals surface area contributed by atoms with Gasteiger partial charge in [-0.1, -0.05) is 0 Å². The molecule has 15 nitrogen and oxygen atoms in total. The Labute approximate surface area is 302 Å². The SMILES string of the molecule is CC(C)(C)OC(=O)NC1(C(=O)O)CCN(c2ccc(F)c(CC(F)(F)F)c2Cn2cnc3c(N(C(=O)OC(C)(C)C)C(=O)OC(C)(C)C)ncnc32)C1. The number of carboxylic acid groups (broad SMARTS) is 1. The summed E-state index contributed by atoms with van der Waals surface area (Å²) in [5.41, 5.74) is -6.01. The standard InChI is InChI=1S/C34H43F4N7O8/c1-30(2,3)51-27(48)42-33(26(46)47)12-13-43(16-33)22-11-10-21(35)19(14-34(36,37)38)20(22)15-44-18-41-23-24(44)39-17-40-25(23)45(28(49)52-31(4,5)6)29(50)53-32(7,8)9/h10-11,17-18H,12-16H2,1-9H3,(H,42,48)(H,46,47). The lowest BCUT2D eigenvalue weighted by atomic mass is 9.98. The number of aromatic nitrogens is 4. The van der Waals surface area contributed by atoms with Crippen LogP contribution >= 0.6 is 0 Å². The van der Waals surface area contributed by atoms with Crippen molar-refractivity contribution in [3.63, 3.8) is 0 Å². The molecule has 3 aromatic rings. The van der Waals surface area contributed by atoms with Crippen molar-refractivity contribution in [2.24, 2.45) is 0 Å². The fraction of sp³-hybridized carbons (Fsp3) is 0.559. The van der Waals surface area contributed by atoms with E-state index in [0.29, 0.717) is 4.90 Å². The summed E-state index contributed by atoms with van der Waals surface area (Å²) < 4.78 is 74.5. The zero-order chi connectivity index (χ0) is 39.9. The number of imidazole rings is 1. The molecule has 0 saturated carbocycles. The van der Waals surface area contributed by atoms with E-state index in [4.69, 9.17) is 14.2 Å². The number of imide groups is 1. The van der Waals surface area contributed by atoms with Crippen LogP contribution in [0.15, 0.2) is 24.8 Å². The number of aliphatic carboxylic acids is 1. The highest BCUT2D eigenvalue weighted by Gasteiger charge is 2.48. The average molecular weight is 754 g/mol. The van der Waals surface area contributed by atoms with Gasteiger partial charge in [-0.2, -0.15) is 18.1 Å². The highest BCUT2D eigenvalue weighted by atomic mass is 19.4. The number of carbonyl (C=O) groups excluding carboxylic acids is 3. The molecule has 0 bridgehead atoms. The average Bonchev–Trinajstić information content (AvgIpc) is 3.57. The minimum Gasteiger partial charge on any atom is -0.479 e. The largest absolute Gasteiger partial charge is 0.479 e. The van der Waals surface area contributed by atoms with E-state index in [2.05, 4.69) is 20.3 Å². The van der Waals surface area contributed by atoms with E-state index in [-0.39, 0.29) is 41.2 Å². The number of benzene rings is 1. The van der Waals surface area contributed by atoms with Gasteiger partial charge in [0.1, 0.15) is 28.9 Å². The van der Waals surface area contributed by atoms with Gasteiger partial charge in [0.05, 0.1) is 25.8 Å². The van der Waals surface area contributed by atoms with Crippen LogP contribution in [0.4, 0.5) is 43.5 Å². The van der Waals surface area contributed by atoms with Crippen LogP contribution in [-0.4, -0.2) is 90.5 Å². The normalized spacial score (nSPS) is 16.7. The van der Waals surface area contributed by atoms with Gasteiger partial charge < -0.3 is 34.1 Å². The lowest BCUT2D eigenvalue weighted by Gasteiger charge is -2.30. The lowest BCUT2D eigenvalue weighted by molar-refractivity contribution is -0.144. The molecule has 0 spiro atoms. The third-order valence-electron chi connectivity index (χ3n) is 7.56. The molecule has 290 valence electrons. The first kappa shape index (κ1) is 40.5. The molecule has 1 unspecified atom stereocenters. The molecular formula is C34H43F4N7O8. The minimum atomic E-state index is -4.85. The van der Waals surface area contributed by atoms with Crippen molar-refractivity contribution in [2.75, 3.05) is 22.9 Å². The maximum Gasteiger partial charge on any atom is 0.425 e. The number of halogens is 4. The second kappa shape index (κ2) is 14.3. The van der Waals surface area contributed by atoms with Crippen LogP contribution in [0, 0.1) is 5.82 Å². The van der Waals surface area contributed by atoms with Gasteiger partial charge in [-0.05, 0) is 74.4 Å². The summed E-state index contributed by atoms with van der Waals surface area (Å²) in [6.45, 7) is 13.3. The number of alkyl carbamates (subject to hydrolysis) is 1. The van der Waals surface area contributed by atoms with Crippen molar-refractivity contribution in [1.82, 2.24) is 24.8 Å². The van der Waals surface area contributed by atoms with Gasteiger partial charge in [0.15, 0.2) is 22.5 Å². The van der Waals surface area contributed by atoms with Crippen molar-refractivity contribution in [3.05, 3.63) is 41.7 Å². The number of alkyl halides is 3. The molecule has 1 aromatic carbocycles. The molecule has 1 atom stereocenters. The molecule has 1 aliphatic rings. The van der Waals surface area contributed by atoms with Crippen LogP contribution in [0.5, 0.6) is 0 Å². The number of anilines is 2. The van der Waals surface area contributed by atoms with Crippen molar-refractivity contribution in [2.45, 2.75) is 110 Å². The number of hydrogen-bond acceptors (Lipinski definition) is 11. The zero-order valence-corrected chi connectivity index (χ0v) is 30.8. The number of nitrogens with zero attached hydrogens (tertiary/aromatic N) is 6. The summed E-state index contributed by atoms with van der Waals surface area (Å²) in [5.74, 6) is -2.93. The Morgan fingerprint density at radius 2 is 1.47 bits per heavy atom. The number of ether oxygens (including phenoxy) is 3. The van der Waals surface area contributed by atoms with Gasteiger partial charge in [-0.3, -0.25) is 0 Å². The fourth-order valence-electron chi connectivity index (χ4n) is 5.54. The van der Waals surface area contributed by atoms with E-state index in [1.54, 1.807) is 62.3 Å². The third kappa shape index (κ3) is 10.0. The van der Waals surface area contributed by atoms with Crippen molar-refractivity contribution >= 4 is 46.9 Å². The predicted molar refractivity (Wildman–Crippen MR) is 182 cm³/mol. The van der Waals surface area contributed by atoms with E-state index < -0.39 is 83.7 Å². The Morgan fingerprint density at radius 3 is 2.00 bits per heavy atom. The monoisotopic (exact) mass is 753 g/mol. The molecule has 19 heteroatoms. The first-order valence-corrected chi connectivity index (χ1v) is 16.5. The van der Waals surface area contributed by atoms with E-state index in [1.807, 2.05) is 0 Å². The smallest absolute Gasteiger partial charge is 0.425 e. The van der Waals surface area contributed by atoms with E-state index in [1.165, 1.54) is 15.5 Å². The van der Waals surface area contributed by atoms with E-state index >= 15 is 4.39 Å². The molecule has 0 radical (unpaired) electrons. The van der Waals surface area contributed by atoms with Gasteiger partial charge in [-0.25, -0.2) is 38.5 Å². The number of carboxylic acids is 1. The Kier molecular flexibility index (Phi) is 10.9. The number of carbonyl (C=O) groups is 4. The highest BCUT2D eigenvalue weighted by molar-refractivity contribution is 6.12. The Bertz CT molecular complexity index is 1870. The van der Waals surface area contributed by atoms with Crippen LogP contribution in [0.25, 0.3) is 11.2 Å². The summed E-state index contributed by atoms with van der Waals surface area (Å²) in [6, 6.07) is 2.08. The summed E-state index contributed by atoms with van der Waals surface area (Å²) in [5, 5.41) is 12.6. The van der Waals surface area contributed by atoms with Crippen LogP contribution < -0.4 is 15.1 Å². The molecule has 1 aliphatic heterocycles. The lowest BCUT2D eigenvalue weighted by Crippen LogP contribution is -2.57. The third-order valence-corrected chi connectivity index (χ3v) is 7.56. The van der Waals surface area contributed by atoms with Crippen LogP contribution in [0.3, 0.4) is 0 Å². The first-order chi connectivity index (χ1) is 24.2. The molecule has 1 saturated heterocycles. The van der Waals surface area contributed by atoms with Crippen molar-refractivity contribution < 1.29 is 56.1 Å². The molecule has 3 amide bonds. The van der Waals surface area contributed by atoms with E-state index in [9.17, 15) is 37.5 Å². The van der Waals surface area contributed by atoms with Crippen molar-refractivity contribution in [3.8, 4) is 0 Å². The summed E-state index contributed by atoms with van der Waals surface area (Å²) >= 11 is 0. The summed E-state index contributed by atoms with van der Waals surface area (Å²) in [6.07, 6.45) is -7.86. The highest BCUT2D eigenvalue weighted by Crippen LogP contribution is 2.37. The fourth-order valence-corrected chi connectivity index (χ4v) is 5.54. The predicted octanol–water partition coefficient (Wildman–Crippen LogP) is 6.35. The maximum atomic E-state index is 15.4. The van der Waals surface area contributed by atoms with Gasteiger partial charge in [0.2, 0.25) is 0 Å². The number of nitrogens with one attached hydrogen (secondary N) is 1. The second-order valence-electron chi connectivity index (χ2n) is 15.5. The van der Waals surface area contributed by atoms with Gasteiger partial charge in [0, 0.05) is 29.8 Å². The van der Waals surface area contributed by atoms with Crippen LogP contribution in [0.2, 0.25) is 0 Å². The van der Waals surface area contributed by atoms with Gasteiger partial charge >= 0.3 is 30.4 Å². The first-order valence-electron chi connectivity index (χ1n) is 16.5. The molecular weight excluding hydrogens is 710 g/mol. The molecule has 4 rings (SSSR count). The molecule has 0 aliphatic carbocycles. The van der Waals surface area contributed by atoms with Gasteiger partial charge in [-0.15, -0.1) is 0 Å². The maximum absolute atomic E-state index is 15.4. The topological polar surface area (TPSA) is 178 Å². The Morgan fingerprint density at radius 1 is 0.887 bits per heavy atom.